The van der Waals surface area contributed by atoms with Crippen molar-refractivity contribution in [1.29, 1.82) is 0 Å². The average molecular weight is 373 g/mol. The molecule has 0 atom stereocenters. The lowest BCUT2D eigenvalue weighted by Crippen LogP contribution is -2.01. The normalized spacial score (nSPS) is 10.9. The fourth-order valence-electron chi connectivity index (χ4n) is 2.82. The van der Waals surface area contributed by atoms with Crippen LogP contribution in [0.3, 0.4) is 0 Å². The molecule has 2 aromatic heterocycles. The minimum absolute atomic E-state index is 0.693. The Labute approximate surface area is 162 Å². The van der Waals surface area contributed by atoms with Gasteiger partial charge in [0.15, 0.2) is 11.0 Å². The summed E-state index contributed by atoms with van der Waals surface area (Å²) in [6.07, 6.45) is 5.04. The van der Waals surface area contributed by atoms with Crippen LogP contribution in [0.4, 0.5) is 0 Å². The van der Waals surface area contributed by atoms with Crippen LogP contribution in [0.5, 0.6) is 0 Å². The molecule has 4 aromatic rings. The maximum Gasteiger partial charge on any atom is 0.196 e. The summed E-state index contributed by atoms with van der Waals surface area (Å²) in [6.45, 7) is 4.18. The lowest BCUT2D eigenvalue weighted by molar-refractivity contribution is 0.884. The minimum Gasteiger partial charge on any atom is -0.269 e. The van der Waals surface area contributed by atoms with Gasteiger partial charge in [-0.1, -0.05) is 59.3 Å². The predicted octanol–water partition coefficient (Wildman–Crippen LogP) is 4.63. The molecule has 0 aliphatic rings. The van der Waals surface area contributed by atoms with Crippen LogP contribution in [0, 0.1) is 13.8 Å². The Morgan fingerprint density at radius 2 is 1.78 bits per heavy atom. The number of benzene rings is 2. The SMILES string of the molecule is Cc1ccc(-n2c(SCc3cccc(C)c3)nnc2-c2cnccn2)cc1. The Morgan fingerprint density at radius 3 is 2.52 bits per heavy atom. The molecule has 2 aromatic carbocycles. The maximum atomic E-state index is 4.44. The van der Waals surface area contributed by atoms with Gasteiger partial charge >= 0.3 is 0 Å². The maximum absolute atomic E-state index is 4.44. The molecule has 134 valence electrons. The topological polar surface area (TPSA) is 56.5 Å². The molecule has 4 rings (SSSR count). The summed E-state index contributed by atoms with van der Waals surface area (Å²) in [6, 6.07) is 16.9. The van der Waals surface area contributed by atoms with Gasteiger partial charge in [0, 0.05) is 23.8 Å². The summed E-state index contributed by atoms with van der Waals surface area (Å²) in [4.78, 5) is 8.57. The molecule has 0 saturated carbocycles. The van der Waals surface area contributed by atoms with Crippen LogP contribution in [0.15, 0.2) is 72.3 Å². The zero-order valence-corrected chi connectivity index (χ0v) is 16.0. The molecule has 5 nitrogen and oxygen atoms in total. The highest BCUT2D eigenvalue weighted by Gasteiger charge is 2.17. The first-order valence-corrected chi connectivity index (χ1v) is 9.66. The van der Waals surface area contributed by atoms with Gasteiger partial charge in [0.1, 0.15) is 5.69 Å². The third-order valence-electron chi connectivity index (χ3n) is 4.17. The van der Waals surface area contributed by atoms with E-state index in [0.29, 0.717) is 11.5 Å². The van der Waals surface area contributed by atoms with E-state index in [2.05, 4.69) is 82.5 Å². The molecule has 0 N–H and O–H groups in total. The van der Waals surface area contributed by atoms with Crippen LogP contribution in [0.1, 0.15) is 16.7 Å². The van der Waals surface area contributed by atoms with Crippen molar-refractivity contribution in [1.82, 2.24) is 24.7 Å². The van der Waals surface area contributed by atoms with E-state index < -0.39 is 0 Å². The van der Waals surface area contributed by atoms with Crippen molar-refractivity contribution in [3.05, 3.63) is 83.8 Å². The van der Waals surface area contributed by atoms with Crippen LogP contribution in [-0.2, 0) is 5.75 Å². The number of hydrogen-bond acceptors (Lipinski definition) is 5. The molecule has 0 aliphatic carbocycles. The largest absolute Gasteiger partial charge is 0.269 e. The third kappa shape index (κ3) is 3.90. The highest BCUT2D eigenvalue weighted by atomic mass is 32.2. The van der Waals surface area contributed by atoms with Gasteiger partial charge in [-0.25, -0.2) is 4.98 Å². The quantitative estimate of drug-likeness (QED) is 0.477. The van der Waals surface area contributed by atoms with Crippen LogP contribution < -0.4 is 0 Å². The van der Waals surface area contributed by atoms with Crippen molar-refractivity contribution in [2.24, 2.45) is 0 Å². The first-order valence-electron chi connectivity index (χ1n) is 8.68. The first-order chi connectivity index (χ1) is 13.2. The average Bonchev–Trinajstić information content (AvgIpc) is 3.12. The van der Waals surface area contributed by atoms with Gasteiger partial charge < -0.3 is 0 Å². The summed E-state index contributed by atoms with van der Waals surface area (Å²) in [7, 11) is 0. The van der Waals surface area contributed by atoms with Gasteiger partial charge in [-0.15, -0.1) is 10.2 Å². The van der Waals surface area contributed by atoms with E-state index in [0.717, 1.165) is 16.6 Å². The number of aromatic nitrogens is 5. The summed E-state index contributed by atoms with van der Waals surface area (Å²) < 4.78 is 2.05. The molecule has 27 heavy (non-hydrogen) atoms. The molecule has 0 aliphatic heterocycles. The Bertz CT molecular complexity index is 1040. The zero-order chi connectivity index (χ0) is 18.6. The van der Waals surface area contributed by atoms with Crippen molar-refractivity contribution in [3.63, 3.8) is 0 Å². The molecule has 0 unspecified atom stereocenters. The monoisotopic (exact) mass is 373 g/mol. The summed E-state index contributed by atoms with van der Waals surface area (Å²) in [5, 5.41) is 9.68. The second-order valence-corrected chi connectivity index (χ2v) is 7.29. The van der Waals surface area contributed by atoms with Crippen LogP contribution in [0.25, 0.3) is 17.2 Å². The summed E-state index contributed by atoms with van der Waals surface area (Å²) in [5.74, 6) is 1.52. The number of rotatable bonds is 5. The van der Waals surface area contributed by atoms with Crippen molar-refractivity contribution in [3.8, 4) is 17.2 Å². The Hall–Kier alpha value is -2.99. The fourth-order valence-corrected chi connectivity index (χ4v) is 3.72. The molecular formula is C21H19N5S. The van der Waals surface area contributed by atoms with Crippen molar-refractivity contribution in [2.75, 3.05) is 0 Å². The number of aryl methyl sites for hydroxylation is 2. The van der Waals surface area contributed by atoms with Gasteiger partial charge in [0.2, 0.25) is 0 Å². The number of nitrogens with zero attached hydrogens (tertiary/aromatic N) is 5. The first kappa shape index (κ1) is 17.4. The van der Waals surface area contributed by atoms with Crippen LogP contribution in [-0.4, -0.2) is 24.7 Å². The van der Waals surface area contributed by atoms with E-state index in [9.17, 15) is 0 Å². The lowest BCUT2D eigenvalue weighted by Gasteiger charge is -2.10. The van der Waals surface area contributed by atoms with Gasteiger partial charge in [-0.3, -0.25) is 9.55 Å². The van der Waals surface area contributed by atoms with Gasteiger partial charge in [-0.05, 0) is 31.5 Å². The Morgan fingerprint density at radius 1 is 0.926 bits per heavy atom. The highest BCUT2D eigenvalue weighted by molar-refractivity contribution is 7.98. The molecule has 0 bridgehead atoms. The minimum atomic E-state index is 0.693. The summed E-state index contributed by atoms with van der Waals surface area (Å²) in [5.41, 5.74) is 5.45. The Kier molecular flexibility index (Phi) is 4.98. The third-order valence-corrected chi connectivity index (χ3v) is 5.17. The van der Waals surface area contributed by atoms with Crippen molar-refractivity contribution >= 4 is 11.8 Å². The second kappa shape index (κ2) is 7.72. The van der Waals surface area contributed by atoms with E-state index in [1.807, 2.05) is 4.57 Å². The van der Waals surface area contributed by atoms with Crippen molar-refractivity contribution in [2.45, 2.75) is 24.8 Å². The molecule has 6 heteroatoms. The van der Waals surface area contributed by atoms with Gasteiger partial charge in [0.05, 0.1) is 6.20 Å². The van der Waals surface area contributed by atoms with E-state index in [1.165, 1.54) is 16.7 Å². The van der Waals surface area contributed by atoms with E-state index >= 15 is 0 Å². The van der Waals surface area contributed by atoms with Crippen molar-refractivity contribution < 1.29 is 0 Å². The smallest absolute Gasteiger partial charge is 0.196 e. The van der Waals surface area contributed by atoms with Gasteiger partial charge in [0.25, 0.3) is 0 Å². The number of hydrogen-bond donors (Lipinski definition) is 0. The fraction of sp³-hybridized carbons (Fsp3) is 0.143. The molecule has 0 spiro atoms. The van der Waals surface area contributed by atoms with E-state index in [4.69, 9.17) is 0 Å². The molecule has 0 radical (unpaired) electrons. The standard InChI is InChI=1S/C21H19N5S/c1-15-6-8-18(9-7-15)26-20(19-13-22-10-11-23-19)24-25-21(26)27-14-17-5-3-4-16(2)12-17/h3-13H,14H2,1-2H3. The molecule has 0 saturated heterocycles. The molecule has 0 amide bonds. The lowest BCUT2D eigenvalue weighted by atomic mass is 10.2. The highest BCUT2D eigenvalue weighted by Crippen LogP contribution is 2.29. The van der Waals surface area contributed by atoms with Gasteiger partial charge in [-0.2, -0.15) is 0 Å². The predicted molar refractivity (Wildman–Crippen MR) is 108 cm³/mol. The van der Waals surface area contributed by atoms with Crippen LogP contribution >= 0.6 is 11.8 Å². The van der Waals surface area contributed by atoms with E-state index in [1.54, 1.807) is 30.4 Å². The second-order valence-electron chi connectivity index (χ2n) is 6.35. The molecule has 0 fully saturated rings. The van der Waals surface area contributed by atoms with E-state index in [-0.39, 0.29) is 0 Å². The summed E-state index contributed by atoms with van der Waals surface area (Å²) >= 11 is 1.66. The zero-order valence-electron chi connectivity index (χ0n) is 15.2. The molecular weight excluding hydrogens is 354 g/mol. The van der Waals surface area contributed by atoms with Crippen LogP contribution in [0.2, 0.25) is 0 Å². The number of thioether (sulfide) groups is 1. The Balaban J connectivity index is 1.73. The molecule has 2 heterocycles.